The summed E-state index contributed by atoms with van der Waals surface area (Å²) in [4.78, 5) is 11.0. The third-order valence-corrected chi connectivity index (χ3v) is 4.14. The molecule has 2 rings (SSSR count). The van der Waals surface area contributed by atoms with E-state index in [2.05, 4.69) is 12.2 Å². The number of carbonyl (C=O) groups is 1. The normalized spacial score (nSPS) is 23.2. The van der Waals surface area contributed by atoms with E-state index in [1.807, 2.05) is 12.1 Å². The Morgan fingerprint density at radius 1 is 1.21 bits per heavy atom. The van der Waals surface area contributed by atoms with Crippen molar-refractivity contribution in [2.75, 3.05) is 6.54 Å². The van der Waals surface area contributed by atoms with Gasteiger partial charge < -0.3 is 11.1 Å². The molecule has 0 aliphatic heterocycles. The average molecular weight is 260 g/mol. The number of primary amides is 1. The van der Waals surface area contributed by atoms with Gasteiger partial charge in [-0.15, -0.1) is 0 Å². The Kier molecular flexibility index (Phi) is 4.97. The van der Waals surface area contributed by atoms with Gasteiger partial charge in [0, 0.05) is 12.1 Å². The Hall–Kier alpha value is -1.35. The quantitative estimate of drug-likeness (QED) is 0.855. The predicted molar refractivity (Wildman–Crippen MR) is 77.8 cm³/mol. The molecule has 1 fully saturated rings. The highest BCUT2D eigenvalue weighted by atomic mass is 16.1. The standard InChI is InChI=1S/C16H24N2O/c1-12-2-4-13(5-3-12)10-18-11-14-6-8-15(9-7-14)16(17)19/h6-9,12-13,18H,2-5,10-11H2,1H3,(H2,17,19). The zero-order valence-corrected chi connectivity index (χ0v) is 11.7. The van der Waals surface area contributed by atoms with Crippen LogP contribution in [-0.4, -0.2) is 12.5 Å². The number of benzene rings is 1. The van der Waals surface area contributed by atoms with E-state index in [4.69, 9.17) is 5.73 Å². The maximum Gasteiger partial charge on any atom is 0.248 e. The lowest BCUT2D eigenvalue weighted by molar-refractivity contribution is 0.100. The van der Waals surface area contributed by atoms with Gasteiger partial charge in [-0.3, -0.25) is 4.79 Å². The Bertz CT molecular complexity index is 405. The molecular formula is C16H24N2O. The molecule has 0 bridgehead atoms. The van der Waals surface area contributed by atoms with E-state index < -0.39 is 0 Å². The van der Waals surface area contributed by atoms with Crippen LogP contribution in [0.15, 0.2) is 24.3 Å². The monoisotopic (exact) mass is 260 g/mol. The van der Waals surface area contributed by atoms with Gasteiger partial charge >= 0.3 is 0 Å². The molecule has 3 N–H and O–H groups in total. The summed E-state index contributed by atoms with van der Waals surface area (Å²) in [7, 11) is 0. The van der Waals surface area contributed by atoms with Gasteiger partial charge in [0.05, 0.1) is 0 Å². The lowest BCUT2D eigenvalue weighted by Crippen LogP contribution is -2.25. The molecule has 0 spiro atoms. The highest BCUT2D eigenvalue weighted by molar-refractivity contribution is 5.92. The second-order valence-corrected chi connectivity index (χ2v) is 5.82. The summed E-state index contributed by atoms with van der Waals surface area (Å²) in [5.41, 5.74) is 7.00. The van der Waals surface area contributed by atoms with Crippen LogP contribution in [0.2, 0.25) is 0 Å². The molecule has 0 atom stereocenters. The number of nitrogens with two attached hydrogens (primary N) is 1. The second-order valence-electron chi connectivity index (χ2n) is 5.82. The molecule has 1 amide bonds. The fourth-order valence-electron chi connectivity index (χ4n) is 2.74. The number of nitrogens with one attached hydrogen (secondary N) is 1. The van der Waals surface area contributed by atoms with E-state index in [-0.39, 0.29) is 5.91 Å². The molecule has 0 heterocycles. The third-order valence-electron chi connectivity index (χ3n) is 4.14. The third kappa shape index (κ3) is 4.35. The van der Waals surface area contributed by atoms with Crippen LogP contribution in [0.4, 0.5) is 0 Å². The van der Waals surface area contributed by atoms with E-state index in [9.17, 15) is 4.79 Å². The number of amides is 1. The van der Waals surface area contributed by atoms with Gasteiger partial charge in [0.2, 0.25) is 5.91 Å². The lowest BCUT2D eigenvalue weighted by Gasteiger charge is -2.26. The minimum absolute atomic E-state index is 0.365. The van der Waals surface area contributed by atoms with Crippen LogP contribution in [0.25, 0.3) is 0 Å². The molecule has 19 heavy (non-hydrogen) atoms. The van der Waals surface area contributed by atoms with Gasteiger partial charge in [0.25, 0.3) is 0 Å². The first-order chi connectivity index (χ1) is 9.15. The Balaban J connectivity index is 1.72. The number of hydrogen-bond donors (Lipinski definition) is 2. The van der Waals surface area contributed by atoms with Crippen molar-refractivity contribution in [3.8, 4) is 0 Å². The van der Waals surface area contributed by atoms with E-state index >= 15 is 0 Å². The summed E-state index contributed by atoms with van der Waals surface area (Å²) in [6.45, 7) is 4.32. The van der Waals surface area contributed by atoms with Crippen molar-refractivity contribution in [3.63, 3.8) is 0 Å². The predicted octanol–water partition coefficient (Wildman–Crippen LogP) is 2.70. The van der Waals surface area contributed by atoms with Gasteiger partial charge in [0.15, 0.2) is 0 Å². The van der Waals surface area contributed by atoms with Crippen molar-refractivity contribution in [1.29, 1.82) is 0 Å². The second kappa shape index (κ2) is 6.71. The number of rotatable bonds is 5. The van der Waals surface area contributed by atoms with Crippen molar-refractivity contribution >= 4 is 5.91 Å². The number of carbonyl (C=O) groups excluding carboxylic acids is 1. The first-order valence-corrected chi connectivity index (χ1v) is 7.24. The summed E-state index contributed by atoms with van der Waals surface area (Å²) < 4.78 is 0. The van der Waals surface area contributed by atoms with Crippen molar-refractivity contribution in [2.45, 2.75) is 39.2 Å². The van der Waals surface area contributed by atoms with Crippen LogP contribution in [0, 0.1) is 11.8 Å². The van der Waals surface area contributed by atoms with Crippen LogP contribution >= 0.6 is 0 Å². The molecule has 3 heteroatoms. The van der Waals surface area contributed by atoms with Gasteiger partial charge in [-0.05, 0) is 48.9 Å². The van der Waals surface area contributed by atoms with Crippen LogP contribution in [0.1, 0.15) is 48.5 Å². The minimum Gasteiger partial charge on any atom is -0.366 e. The molecule has 0 radical (unpaired) electrons. The van der Waals surface area contributed by atoms with Gasteiger partial charge in [-0.2, -0.15) is 0 Å². The Morgan fingerprint density at radius 3 is 2.42 bits per heavy atom. The fourth-order valence-corrected chi connectivity index (χ4v) is 2.74. The molecular weight excluding hydrogens is 236 g/mol. The van der Waals surface area contributed by atoms with Crippen LogP contribution in [0.3, 0.4) is 0 Å². The van der Waals surface area contributed by atoms with E-state index in [0.29, 0.717) is 5.56 Å². The first-order valence-electron chi connectivity index (χ1n) is 7.24. The van der Waals surface area contributed by atoms with E-state index in [0.717, 1.165) is 24.9 Å². The fraction of sp³-hybridized carbons (Fsp3) is 0.562. The zero-order valence-electron chi connectivity index (χ0n) is 11.7. The van der Waals surface area contributed by atoms with Crippen molar-refractivity contribution < 1.29 is 4.79 Å². The zero-order chi connectivity index (χ0) is 13.7. The summed E-state index contributed by atoms with van der Waals surface area (Å²) in [5.74, 6) is 1.38. The maximum absolute atomic E-state index is 11.0. The highest BCUT2D eigenvalue weighted by Gasteiger charge is 2.17. The van der Waals surface area contributed by atoms with Crippen LogP contribution < -0.4 is 11.1 Å². The summed E-state index contributed by atoms with van der Waals surface area (Å²) in [5, 5.41) is 3.52. The molecule has 1 aliphatic carbocycles. The molecule has 1 aromatic carbocycles. The van der Waals surface area contributed by atoms with E-state index in [1.54, 1.807) is 12.1 Å². The average Bonchev–Trinajstić information content (AvgIpc) is 2.41. The molecule has 1 aromatic rings. The topological polar surface area (TPSA) is 55.1 Å². The molecule has 1 saturated carbocycles. The highest BCUT2D eigenvalue weighted by Crippen LogP contribution is 2.27. The van der Waals surface area contributed by atoms with Crippen LogP contribution in [-0.2, 0) is 6.54 Å². The molecule has 3 nitrogen and oxygen atoms in total. The molecule has 0 aromatic heterocycles. The summed E-state index contributed by atoms with van der Waals surface area (Å²) >= 11 is 0. The van der Waals surface area contributed by atoms with Crippen LogP contribution in [0.5, 0.6) is 0 Å². The Morgan fingerprint density at radius 2 is 1.84 bits per heavy atom. The van der Waals surface area contributed by atoms with Gasteiger partial charge in [-0.25, -0.2) is 0 Å². The van der Waals surface area contributed by atoms with Gasteiger partial charge in [-0.1, -0.05) is 31.9 Å². The molecule has 0 unspecified atom stereocenters. The summed E-state index contributed by atoms with van der Waals surface area (Å²) in [6, 6.07) is 7.52. The molecule has 1 aliphatic rings. The smallest absolute Gasteiger partial charge is 0.248 e. The van der Waals surface area contributed by atoms with Crippen molar-refractivity contribution in [3.05, 3.63) is 35.4 Å². The molecule has 104 valence electrons. The van der Waals surface area contributed by atoms with E-state index in [1.165, 1.54) is 31.2 Å². The first kappa shape index (κ1) is 14.1. The van der Waals surface area contributed by atoms with Crippen molar-refractivity contribution in [1.82, 2.24) is 5.32 Å². The SMILES string of the molecule is CC1CCC(CNCc2ccc(C(N)=O)cc2)CC1. The summed E-state index contributed by atoms with van der Waals surface area (Å²) in [6.07, 6.45) is 5.46. The lowest BCUT2D eigenvalue weighted by atomic mass is 9.83. The number of hydrogen-bond acceptors (Lipinski definition) is 2. The van der Waals surface area contributed by atoms with Crippen molar-refractivity contribution in [2.24, 2.45) is 17.6 Å². The molecule has 0 saturated heterocycles. The maximum atomic E-state index is 11.0. The minimum atomic E-state index is -0.365. The Labute approximate surface area is 115 Å². The largest absolute Gasteiger partial charge is 0.366 e. The van der Waals surface area contributed by atoms with Gasteiger partial charge in [0.1, 0.15) is 0 Å².